The number of nitrogens with zero attached hydrogens (tertiary/aromatic N) is 1. The summed E-state index contributed by atoms with van der Waals surface area (Å²) in [6.07, 6.45) is 3.47. The van der Waals surface area contributed by atoms with Gasteiger partial charge in [-0.05, 0) is 59.7 Å². The molecular formula is C21H19NO2. The van der Waals surface area contributed by atoms with Gasteiger partial charge in [-0.2, -0.15) is 0 Å². The van der Waals surface area contributed by atoms with Gasteiger partial charge in [0.2, 0.25) is 0 Å². The van der Waals surface area contributed by atoms with E-state index in [9.17, 15) is 9.90 Å². The quantitative estimate of drug-likeness (QED) is 0.779. The molecule has 2 aliphatic carbocycles. The molecule has 0 spiro atoms. The second-order valence-electron chi connectivity index (χ2n) is 6.87. The van der Waals surface area contributed by atoms with Crippen LogP contribution in [-0.2, 0) is 19.4 Å². The highest BCUT2D eigenvalue weighted by Crippen LogP contribution is 2.43. The zero-order chi connectivity index (χ0) is 16.4. The fourth-order valence-corrected chi connectivity index (χ4v) is 4.64. The van der Waals surface area contributed by atoms with Crippen molar-refractivity contribution in [3.8, 4) is 0 Å². The summed E-state index contributed by atoms with van der Waals surface area (Å²) in [5, 5.41) is 12.0. The summed E-state index contributed by atoms with van der Waals surface area (Å²) < 4.78 is 2.20. The van der Waals surface area contributed by atoms with Gasteiger partial charge in [0, 0.05) is 40.3 Å². The molecule has 3 heteroatoms. The molecular weight excluding hydrogens is 298 g/mol. The van der Waals surface area contributed by atoms with E-state index in [4.69, 9.17) is 0 Å². The van der Waals surface area contributed by atoms with Gasteiger partial charge in [-0.15, -0.1) is 0 Å². The monoisotopic (exact) mass is 317 g/mol. The summed E-state index contributed by atoms with van der Waals surface area (Å²) in [6.45, 7) is 4.89. The van der Waals surface area contributed by atoms with E-state index >= 15 is 0 Å². The van der Waals surface area contributed by atoms with Gasteiger partial charge < -0.3 is 9.67 Å². The Bertz CT molecular complexity index is 974. The number of hydrogen-bond donors (Lipinski definition) is 1. The van der Waals surface area contributed by atoms with Crippen LogP contribution in [0.25, 0.3) is 27.4 Å². The molecule has 0 radical (unpaired) electrons. The van der Waals surface area contributed by atoms with Gasteiger partial charge >= 0.3 is 0 Å². The van der Waals surface area contributed by atoms with Gasteiger partial charge in [0.25, 0.3) is 0 Å². The molecule has 1 N–H and O–H groups in total. The van der Waals surface area contributed by atoms with E-state index in [1.54, 1.807) is 0 Å². The van der Waals surface area contributed by atoms with E-state index < -0.39 is 0 Å². The van der Waals surface area contributed by atoms with Crippen LogP contribution in [0.1, 0.15) is 39.9 Å². The van der Waals surface area contributed by atoms with Gasteiger partial charge in [-0.1, -0.05) is 12.6 Å². The molecule has 0 atom stereocenters. The summed E-state index contributed by atoms with van der Waals surface area (Å²) in [5.41, 5.74) is 8.24. The second-order valence-corrected chi connectivity index (χ2v) is 6.87. The molecule has 0 aliphatic heterocycles. The van der Waals surface area contributed by atoms with Gasteiger partial charge in [0.1, 0.15) is 0 Å². The van der Waals surface area contributed by atoms with Crippen LogP contribution < -0.4 is 0 Å². The maximum atomic E-state index is 12.2. The lowest BCUT2D eigenvalue weighted by Gasteiger charge is -2.06. The first kappa shape index (κ1) is 14.0. The van der Waals surface area contributed by atoms with E-state index in [2.05, 4.69) is 29.3 Å². The lowest BCUT2D eigenvalue weighted by Crippen LogP contribution is -2.01. The second kappa shape index (κ2) is 4.81. The molecule has 0 unspecified atom stereocenters. The van der Waals surface area contributed by atoms with Crippen LogP contribution >= 0.6 is 0 Å². The Balaban J connectivity index is 2.00. The molecule has 3 nitrogen and oxygen atoms in total. The third-order valence-corrected chi connectivity index (χ3v) is 5.70. The molecule has 120 valence electrons. The molecule has 3 aromatic rings. The molecule has 0 fully saturated rings. The number of aromatic nitrogens is 1. The number of carbonyl (C=O) groups excluding carboxylic acids is 1. The summed E-state index contributed by atoms with van der Waals surface area (Å²) in [6, 6.07) is 8.36. The summed E-state index contributed by atoms with van der Waals surface area (Å²) in [5.74, 6) is 0.256. The van der Waals surface area contributed by atoms with E-state index in [1.807, 2.05) is 6.07 Å². The number of aliphatic hydroxyl groups excluding tert-OH is 1. The van der Waals surface area contributed by atoms with Gasteiger partial charge in [0.05, 0.1) is 6.61 Å². The number of aliphatic hydroxyl groups is 1. The third kappa shape index (κ3) is 1.63. The van der Waals surface area contributed by atoms with Crippen molar-refractivity contribution in [3.63, 3.8) is 0 Å². The molecule has 2 aliphatic rings. The molecule has 0 bridgehead atoms. The zero-order valence-electron chi connectivity index (χ0n) is 13.6. The van der Waals surface area contributed by atoms with Crippen molar-refractivity contribution in [2.75, 3.05) is 6.61 Å². The van der Waals surface area contributed by atoms with Crippen LogP contribution in [0.5, 0.6) is 0 Å². The lowest BCUT2D eigenvalue weighted by atomic mass is 9.97. The molecule has 0 saturated carbocycles. The van der Waals surface area contributed by atoms with E-state index in [-0.39, 0.29) is 12.4 Å². The number of ketones is 1. The number of rotatable bonds is 2. The zero-order valence-corrected chi connectivity index (χ0v) is 13.6. The normalized spacial score (nSPS) is 16.4. The van der Waals surface area contributed by atoms with Crippen molar-refractivity contribution in [2.24, 2.45) is 0 Å². The average Bonchev–Trinajstić information content (AvgIpc) is 3.24. The highest BCUT2D eigenvalue weighted by Gasteiger charge is 2.27. The number of carbonyl (C=O) groups is 1. The summed E-state index contributed by atoms with van der Waals surface area (Å²) >= 11 is 0. The Morgan fingerprint density at radius 2 is 1.54 bits per heavy atom. The van der Waals surface area contributed by atoms with Gasteiger partial charge in [0.15, 0.2) is 5.78 Å². The van der Waals surface area contributed by atoms with Crippen LogP contribution in [0, 0.1) is 0 Å². The molecule has 1 aromatic heterocycles. The maximum Gasteiger partial charge on any atom is 0.163 e. The first-order chi connectivity index (χ1) is 11.7. The average molecular weight is 317 g/mol. The van der Waals surface area contributed by atoms with Gasteiger partial charge in [-0.25, -0.2) is 0 Å². The molecule has 2 aromatic carbocycles. The first-order valence-corrected chi connectivity index (χ1v) is 8.62. The van der Waals surface area contributed by atoms with Crippen molar-refractivity contribution >= 4 is 33.2 Å². The number of hydrogen-bond acceptors (Lipinski definition) is 2. The first-order valence-electron chi connectivity index (χ1n) is 8.62. The minimum absolute atomic E-state index is 0.110. The Kier molecular flexibility index (Phi) is 2.80. The fourth-order valence-electron chi connectivity index (χ4n) is 4.64. The van der Waals surface area contributed by atoms with E-state index in [0.29, 0.717) is 13.0 Å². The summed E-state index contributed by atoms with van der Waals surface area (Å²) in [7, 11) is 0. The van der Waals surface area contributed by atoms with Crippen LogP contribution in [0.3, 0.4) is 0 Å². The van der Waals surface area contributed by atoms with Crippen LogP contribution in [0.4, 0.5) is 0 Å². The molecule has 1 heterocycles. The molecule has 0 amide bonds. The maximum absolute atomic E-state index is 12.2. The van der Waals surface area contributed by atoms with Gasteiger partial charge in [-0.3, -0.25) is 4.79 Å². The minimum Gasteiger partial charge on any atom is -0.395 e. The third-order valence-electron chi connectivity index (χ3n) is 5.70. The Morgan fingerprint density at radius 3 is 2.25 bits per heavy atom. The van der Waals surface area contributed by atoms with E-state index in [0.717, 1.165) is 30.3 Å². The number of aryl methyl sites for hydroxylation is 2. The topological polar surface area (TPSA) is 42.2 Å². The number of allylic oxidation sites excluding steroid dienone is 1. The number of benzene rings is 2. The highest BCUT2D eigenvalue weighted by atomic mass is 16.3. The molecule has 5 rings (SSSR count). The van der Waals surface area contributed by atoms with Crippen molar-refractivity contribution in [1.29, 1.82) is 0 Å². The predicted molar refractivity (Wildman–Crippen MR) is 96.5 cm³/mol. The summed E-state index contributed by atoms with van der Waals surface area (Å²) in [4.78, 5) is 12.2. The van der Waals surface area contributed by atoms with Crippen LogP contribution in [-0.4, -0.2) is 22.1 Å². The van der Waals surface area contributed by atoms with Crippen LogP contribution in [0.2, 0.25) is 0 Å². The molecule has 0 saturated heterocycles. The predicted octanol–water partition coefficient (Wildman–Crippen LogP) is 3.88. The largest absolute Gasteiger partial charge is 0.395 e. The SMILES string of the molecule is C=C1CCc2c1ccc1c2c2c3c(ccc2n1CCO)C(=O)CC3. The fraction of sp³-hybridized carbons (Fsp3) is 0.286. The van der Waals surface area contributed by atoms with Crippen LogP contribution in [0.15, 0.2) is 30.8 Å². The Hall–Kier alpha value is -2.39. The Labute approximate surface area is 140 Å². The standard InChI is InChI=1S/C21H19NO2/c1-12-2-3-15-13(12)4-7-17-20(15)21-16-6-9-19(24)14(16)5-8-18(21)22(17)10-11-23/h4-5,7-8,23H,1-3,6,9-11H2. The highest BCUT2D eigenvalue weighted by molar-refractivity contribution is 6.17. The molecule has 24 heavy (non-hydrogen) atoms. The smallest absolute Gasteiger partial charge is 0.163 e. The van der Waals surface area contributed by atoms with Crippen molar-refractivity contribution in [3.05, 3.63) is 53.1 Å². The van der Waals surface area contributed by atoms with Crippen molar-refractivity contribution in [1.82, 2.24) is 4.57 Å². The minimum atomic E-state index is 0.110. The number of fused-ring (bicyclic) bond motifs is 7. The number of Topliss-reactive ketones (excluding diaryl/α,β-unsaturated/α-hetero) is 1. The van der Waals surface area contributed by atoms with Crippen molar-refractivity contribution < 1.29 is 9.90 Å². The Morgan fingerprint density at radius 1 is 0.917 bits per heavy atom. The van der Waals surface area contributed by atoms with Crippen molar-refractivity contribution in [2.45, 2.75) is 32.2 Å². The lowest BCUT2D eigenvalue weighted by molar-refractivity contribution is 0.0994. The van der Waals surface area contributed by atoms with E-state index in [1.165, 1.54) is 38.6 Å².